The van der Waals surface area contributed by atoms with Crippen molar-refractivity contribution in [2.24, 2.45) is 0 Å². The molecular weight excluding hydrogens is 456 g/mol. The monoisotopic (exact) mass is 492 g/mol. The molecule has 3 aliphatic rings. The van der Waals surface area contributed by atoms with Gasteiger partial charge in [-0.1, -0.05) is 17.7 Å². The molecule has 3 heterocycles. The molecule has 3 saturated heterocycles. The number of carboxylic acid groups (broad SMARTS) is 1. The van der Waals surface area contributed by atoms with Crippen LogP contribution in [0.2, 0.25) is 5.02 Å². The highest BCUT2D eigenvalue weighted by Crippen LogP contribution is 2.40. The number of benzene rings is 1. The van der Waals surface area contributed by atoms with E-state index in [4.69, 9.17) is 16.3 Å². The summed E-state index contributed by atoms with van der Waals surface area (Å²) in [6.07, 6.45) is 2.96. The number of piperidine rings is 1. The number of amides is 2. The first-order valence-corrected chi connectivity index (χ1v) is 12.7. The maximum Gasteiger partial charge on any atom is 0.410 e. The predicted octanol–water partition coefficient (Wildman–Crippen LogP) is 4.51. The number of ether oxygens (including phenoxy) is 1. The molecule has 8 nitrogen and oxygen atoms in total. The Labute approximate surface area is 207 Å². The van der Waals surface area contributed by atoms with E-state index in [1.165, 1.54) is 5.56 Å². The maximum absolute atomic E-state index is 12.5. The molecule has 3 fully saturated rings. The van der Waals surface area contributed by atoms with Gasteiger partial charge in [-0.25, -0.2) is 9.59 Å². The second-order valence-corrected chi connectivity index (χ2v) is 11.2. The number of hydrogen-bond acceptors (Lipinski definition) is 5. The molecule has 0 radical (unpaired) electrons. The van der Waals surface area contributed by atoms with Crippen LogP contribution in [-0.2, 0) is 11.3 Å². The normalized spacial score (nSPS) is 21.2. The van der Waals surface area contributed by atoms with E-state index in [1.807, 2.05) is 32.9 Å². The lowest BCUT2D eigenvalue weighted by Gasteiger charge is -2.45. The number of carbonyl (C=O) groups excluding carboxylic acids is 1. The summed E-state index contributed by atoms with van der Waals surface area (Å²) in [7, 11) is 0. The smallest absolute Gasteiger partial charge is 0.410 e. The number of halogens is 1. The summed E-state index contributed by atoms with van der Waals surface area (Å²) in [5.74, 6) is 0. The molecule has 0 saturated carbocycles. The van der Waals surface area contributed by atoms with Crippen LogP contribution in [0.15, 0.2) is 18.2 Å². The van der Waals surface area contributed by atoms with E-state index in [0.717, 1.165) is 57.5 Å². The van der Waals surface area contributed by atoms with Crippen LogP contribution in [0.5, 0.6) is 0 Å². The zero-order chi connectivity index (χ0) is 24.5. The van der Waals surface area contributed by atoms with Crippen molar-refractivity contribution < 1.29 is 19.4 Å². The first kappa shape index (κ1) is 24.9. The van der Waals surface area contributed by atoms with Crippen LogP contribution in [0.25, 0.3) is 0 Å². The van der Waals surface area contributed by atoms with Gasteiger partial charge in [-0.05, 0) is 70.7 Å². The molecule has 0 aliphatic carbocycles. The van der Waals surface area contributed by atoms with E-state index >= 15 is 0 Å². The first-order chi connectivity index (χ1) is 16.1. The number of anilines is 1. The van der Waals surface area contributed by atoms with E-state index in [9.17, 15) is 14.7 Å². The molecule has 1 aromatic rings. The van der Waals surface area contributed by atoms with Gasteiger partial charge >= 0.3 is 12.2 Å². The predicted molar refractivity (Wildman–Crippen MR) is 133 cm³/mol. The van der Waals surface area contributed by atoms with E-state index in [0.29, 0.717) is 31.2 Å². The highest BCUT2D eigenvalue weighted by molar-refractivity contribution is 6.30. The van der Waals surface area contributed by atoms with Crippen LogP contribution in [0.4, 0.5) is 15.3 Å². The van der Waals surface area contributed by atoms with Gasteiger partial charge in [0.25, 0.3) is 0 Å². The van der Waals surface area contributed by atoms with Crippen molar-refractivity contribution in [3.05, 3.63) is 28.8 Å². The van der Waals surface area contributed by atoms with Gasteiger partial charge in [0.1, 0.15) is 5.60 Å². The van der Waals surface area contributed by atoms with Gasteiger partial charge in [0.2, 0.25) is 0 Å². The van der Waals surface area contributed by atoms with Crippen LogP contribution < -0.4 is 4.90 Å². The molecule has 0 atom stereocenters. The third-order valence-electron chi connectivity index (χ3n) is 7.39. The number of rotatable bonds is 3. The summed E-state index contributed by atoms with van der Waals surface area (Å²) >= 11 is 6.41. The molecule has 34 heavy (non-hydrogen) atoms. The molecule has 188 valence electrons. The summed E-state index contributed by atoms with van der Waals surface area (Å²) in [6.45, 7) is 11.4. The average molecular weight is 493 g/mol. The van der Waals surface area contributed by atoms with E-state index in [-0.39, 0.29) is 11.6 Å². The third kappa shape index (κ3) is 5.54. The minimum absolute atomic E-state index is 0.0816. The van der Waals surface area contributed by atoms with E-state index in [2.05, 4.69) is 15.9 Å². The zero-order valence-corrected chi connectivity index (χ0v) is 21.3. The molecule has 0 bridgehead atoms. The van der Waals surface area contributed by atoms with Crippen molar-refractivity contribution in [3.8, 4) is 0 Å². The van der Waals surface area contributed by atoms with Gasteiger partial charge in [-0.2, -0.15) is 0 Å². The quantitative estimate of drug-likeness (QED) is 0.669. The molecule has 2 amide bonds. The van der Waals surface area contributed by atoms with Gasteiger partial charge < -0.3 is 24.5 Å². The summed E-state index contributed by atoms with van der Waals surface area (Å²) in [5, 5.41) is 10.1. The van der Waals surface area contributed by atoms with Gasteiger partial charge in [0.05, 0.1) is 0 Å². The Morgan fingerprint density at radius 1 is 1.00 bits per heavy atom. The van der Waals surface area contributed by atoms with E-state index < -0.39 is 11.7 Å². The molecule has 0 aromatic heterocycles. The number of hydrogen-bond donors (Lipinski definition) is 1. The first-order valence-electron chi connectivity index (χ1n) is 12.3. The minimum Gasteiger partial charge on any atom is -0.465 e. The average Bonchev–Trinajstić information content (AvgIpc) is 3.15. The van der Waals surface area contributed by atoms with Gasteiger partial charge in [0, 0.05) is 62.1 Å². The van der Waals surface area contributed by atoms with Crippen molar-refractivity contribution in [3.63, 3.8) is 0 Å². The lowest BCUT2D eigenvalue weighted by molar-refractivity contribution is 0.0240. The summed E-state index contributed by atoms with van der Waals surface area (Å²) in [4.78, 5) is 32.0. The molecule has 3 aliphatic heterocycles. The molecule has 1 spiro atoms. The molecule has 1 N–H and O–H groups in total. The Hall–Kier alpha value is -2.19. The van der Waals surface area contributed by atoms with Crippen LogP contribution in [0.1, 0.15) is 52.0 Å². The van der Waals surface area contributed by atoms with Crippen molar-refractivity contribution >= 4 is 29.5 Å². The number of nitrogens with zero attached hydrogens (tertiary/aromatic N) is 4. The lowest BCUT2D eigenvalue weighted by atomic mass is 9.84. The fourth-order valence-corrected chi connectivity index (χ4v) is 5.71. The van der Waals surface area contributed by atoms with Crippen molar-refractivity contribution in [1.29, 1.82) is 0 Å². The highest BCUT2D eigenvalue weighted by atomic mass is 35.5. The Kier molecular flexibility index (Phi) is 7.20. The van der Waals surface area contributed by atoms with Gasteiger partial charge in [-0.15, -0.1) is 0 Å². The Balaban J connectivity index is 1.44. The van der Waals surface area contributed by atoms with E-state index in [1.54, 1.807) is 9.80 Å². The Morgan fingerprint density at radius 2 is 1.68 bits per heavy atom. The fraction of sp³-hybridized carbons (Fsp3) is 0.680. The summed E-state index contributed by atoms with van der Waals surface area (Å²) in [6, 6.07) is 6.11. The van der Waals surface area contributed by atoms with Gasteiger partial charge in [-0.3, -0.25) is 4.90 Å². The van der Waals surface area contributed by atoms with Gasteiger partial charge in [0.15, 0.2) is 0 Å². The minimum atomic E-state index is -0.815. The Morgan fingerprint density at radius 3 is 2.29 bits per heavy atom. The molecular formula is C25H37ClN4O4. The van der Waals surface area contributed by atoms with Crippen molar-refractivity contribution in [2.45, 2.75) is 64.1 Å². The molecule has 1 aromatic carbocycles. The zero-order valence-electron chi connectivity index (χ0n) is 20.6. The second-order valence-electron chi connectivity index (χ2n) is 10.7. The number of carbonyl (C=O) groups is 2. The largest absolute Gasteiger partial charge is 0.465 e. The SMILES string of the molecule is CC(C)(C)OC(=O)N1CCN(c2cc(Cl)ccc2CN2CCCC23CCN(C(=O)O)CC3)CC1. The highest BCUT2D eigenvalue weighted by Gasteiger charge is 2.44. The summed E-state index contributed by atoms with van der Waals surface area (Å²) < 4.78 is 5.54. The lowest BCUT2D eigenvalue weighted by Crippen LogP contribution is -2.53. The standard InChI is InChI=1S/C25H37ClN4O4/c1-24(2,3)34-23(33)29-15-13-27(14-16-29)21-17-20(26)6-5-19(21)18-30-10-4-7-25(30)8-11-28(12-9-25)22(31)32/h5-6,17H,4,7-16,18H2,1-3H3,(H,31,32). The topological polar surface area (TPSA) is 76.6 Å². The van der Waals surface area contributed by atoms with Crippen molar-refractivity contribution in [2.75, 3.05) is 50.7 Å². The number of likely N-dealkylation sites (tertiary alicyclic amines) is 2. The van der Waals surface area contributed by atoms with Crippen molar-refractivity contribution in [1.82, 2.24) is 14.7 Å². The second kappa shape index (κ2) is 9.82. The number of piperazine rings is 1. The third-order valence-corrected chi connectivity index (χ3v) is 7.62. The Bertz CT molecular complexity index is 903. The fourth-order valence-electron chi connectivity index (χ4n) is 5.55. The van der Waals surface area contributed by atoms with Crippen LogP contribution >= 0.6 is 11.6 Å². The molecule has 9 heteroatoms. The molecule has 0 unspecified atom stereocenters. The van der Waals surface area contributed by atoms with Crippen LogP contribution in [0, 0.1) is 0 Å². The molecule has 4 rings (SSSR count). The summed E-state index contributed by atoms with van der Waals surface area (Å²) in [5.41, 5.74) is 1.94. The maximum atomic E-state index is 12.5. The van der Waals surface area contributed by atoms with Crippen LogP contribution in [-0.4, -0.2) is 88.9 Å². The van der Waals surface area contributed by atoms with Crippen LogP contribution in [0.3, 0.4) is 0 Å².